The van der Waals surface area contributed by atoms with Crippen LogP contribution in [0.25, 0.3) is 0 Å². The second kappa shape index (κ2) is 19.3. The number of hydrogen-bond donors (Lipinski definition) is 0. The molecule has 0 amide bonds. The summed E-state index contributed by atoms with van der Waals surface area (Å²) in [7, 11) is 0. The average Bonchev–Trinajstić information content (AvgIpc) is 0. The standard InChI is InChI=1S/2ClH.Eu.H2O/h2*1H;;1H2. The van der Waals surface area contributed by atoms with E-state index in [0.717, 1.165) is 0 Å². The van der Waals surface area contributed by atoms with Crippen LogP contribution in [-0.2, 0) is 0 Å². The molecule has 4 heavy (non-hydrogen) atoms. The van der Waals surface area contributed by atoms with Gasteiger partial charge in [0, 0.05) is 49.4 Å². The Morgan fingerprint density at radius 2 is 0.750 bits per heavy atom. The number of hydrogen-bond acceptors (Lipinski definition) is 0. The Kier molecular flexibility index (Phi) is 172. The summed E-state index contributed by atoms with van der Waals surface area (Å²) >= 11 is 0. The molecule has 0 aromatic rings. The van der Waals surface area contributed by atoms with Crippen LogP contribution in [0, 0.1) is 49.4 Å². The summed E-state index contributed by atoms with van der Waals surface area (Å²) in [4.78, 5) is 0. The molecule has 0 aliphatic heterocycles. The molecule has 0 bridgehead atoms. The van der Waals surface area contributed by atoms with Gasteiger partial charge in [0.05, 0.1) is 0 Å². The molecule has 0 saturated heterocycles. The normalized spacial score (nSPS) is 0. The maximum atomic E-state index is 0. The smallest absolute Gasteiger partial charge is 0 e. The van der Waals surface area contributed by atoms with Crippen molar-refractivity contribution in [1.29, 1.82) is 0 Å². The predicted molar refractivity (Wildman–Crippen MR) is 18.1 cm³/mol. The molecule has 0 saturated carbocycles. The van der Waals surface area contributed by atoms with Crippen LogP contribution >= 0.6 is 24.8 Å². The quantitative estimate of drug-likeness (QED) is 0.574. The summed E-state index contributed by atoms with van der Waals surface area (Å²) in [6, 6.07) is 0. The van der Waals surface area contributed by atoms with Gasteiger partial charge in [-0.1, -0.05) is 0 Å². The van der Waals surface area contributed by atoms with Crippen LogP contribution in [-0.4, -0.2) is 5.48 Å². The zero-order valence-corrected chi connectivity index (χ0v) is 5.75. The van der Waals surface area contributed by atoms with E-state index in [0.29, 0.717) is 0 Å². The monoisotopic (exact) mass is 243 g/mol. The van der Waals surface area contributed by atoms with E-state index in [4.69, 9.17) is 0 Å². The SMILES string of the molecule is Cl.Cl.O.[Eu]. The first kappa shape index (κ1) is 35.6. The molecule has 0 rings (SSSR count). The van der Waals surface area contributed by atoms with E-state index in [1.165, 1.54) is 0 Å². The Balaban J connectivity index is 0. The van der Waals surface area contributed by atoms with E-state index in [2.05, 4.69) is 0 Å². The average molecular weight is 243 g/mol. The Hall–Kier alpha value is 2.12. The predicted octanol–water partition coefficient (Wildman–Crippen LogP) is 0.0189. The van der Waals surface area contributed by atoms with Gasteiger partial charge >= 0.3 is 0 Å². The molecule has 0 spiro atoms. The number of halogens is 2. The van der Waals surface area contributed by atoms with Gasteiger partial charge in [-0.2, -0.15) is 0 Å². The van der Waals surface area contributed by atoms with Crippen molar-refractivity contribution in [1.82, 2.24) is 0 Å². The molecular weight excluding hydrogens is 239 g/mol. The summed E-state index contributed by atoms with van der Waals surface area (Å²) in [5, 5.41) is 0. The molecule has 0 aromatic heterocycles. The Bertz CT molecular complexity index is 6.00. The van der Waals surface area contributed by atoms with Crippen molar-refractivity contribution in [2.45, 2.75) is 0 Å². The largest absolute Gasteiger partial charge is 0.412 e. The van der Waals surface area contributed by atoms with Gasteiger partial charge in [-0.3, -0.25) is 0 Å². The van der Waals surface area contributed by atoms with Gasteiger partial charge in [0.15, 0.2) is 0 Å². The summed E-state index contributed by atoms with van der Waals surface area (Å²) in [5.41, 5.74) is 0. The topological polar surface area (TPSA) is 31.5 Å². The van der Waals surface area contributed by atoms with Gasteiger partial charge in [0.25, 0.3) is 0 Å². The third-order valence-electron chi connectivity index (χ3n) is 0. The van der Waals surface area contributed by atoms with E-state index in [1.54, 1.807) is 0 Å². The third kappa shape index (κ3) is 8.92. The van der Waals surface area contributed by atoms with E-state index in [1.807, 2.05) is 0 Å². The van der Waals surface area contributed by atoms with Gasteiger partial charge < -0.3 is 5.48 Å². The molecule has 31 valence electrons. The van der Waals surface area contributed by atoms with Crippen molar-refractivity contribution in [2.24, 2.45) is 0 Å². The molecule has 4 heteroatoms. The van der Waals surface area contributed by atoms with E-state index < -0.39 is 0 Å². The second-order valence-corrected chi connectivity index (χ2v) is 0. The Labute approximate surface area is 78.2 Å². The summed E-state index contributed by atoms with van der Waals surface area (Å²) < 4.78 is 0. The maximum Gasteiger partial charge on any atom is 0 e. The summed E-state index contributed by atoms with van der Waals surface area (Å²) in [5.74, 6) is 0. The maximum absolute atomic E-state index is 0. The zero-order valence-electron chi connectivity index (χ0n) is 1.69. The van der Waals surface area contributed by atoms with Crippen molar-refractivity contribution in [2.75, 3.05) is 0 Å². The van der Waals surface area contributed by atoms with Crippen molar-refractivity contribution >= 4 is 24.8 Å². The Morgan fingerprint density at radius 3 is 0.750 bits per heavy atom. The minimum absolute atomic E-state index is 0. The van der Waals surface area contributed by atoms with Crippen LogP contribution in [0.3, 0.4) is 0 Å². The minimum Gasteiger partial charge on any atom is -0.412 e. The number of rotatable bonds is 0. The van der Waals surface area contributed by atoms with E-state index in [9.17, 15) is 0 Å². The third-order valence-corrected chi connectivity index (χ3v) is 0. The van der Waals surface area contributed by atoms with Crippen LogP contribution in [0.1, 0.15) is 0 Å². The molecule has 0 heterocycles. The molecule has 1 nitrogen and oxygen atoms in total. The van der Waals surface area contributed by atoms with Gasteiger partial charge in [-0.25, -0.2) is 0 Å². The van der Waals surface area contributed by atoms with Crippen LogP contribution in [0.5, 0.6) is 0 Å². The molecule has 0 aliphatic carbocycles. The summed E-state index contributed by atoms with van der Waals surface area (Å²) in [6.45, 7) is 0. The van der Waals surface area contributed by atoms with E-state index >= 15 is 0 Å². The fourth-order valence-electron chi connectivity index (χ4n) is 0. The first-order chi connectivity index (χ1) is 0. The fraction of sp³-hybridized carbons (Fsp3) is 0. The second-order valence-electron chi connectivity index (χ2n) is 0. The Morgan fingerprint density at radius 1 is 0.750 bits per heavy atom. The molecule has 0 atom stereocenters. The van der Waals surface area contributed by atoms with Crippen LogP contribution in [0.2, 0.25) is 0 Å². The van der Waals surface area contributed by atoms with Gasteiger partial charge in [0.2, 0.25) is 0 Å². The molecule has 0 unspecified atom stereocenters. The molecule has 2 N–H and O–H groups in total. The fourth-order valence-corrected chi connectivity index (χ4v) is 0. The van der Waals surface area contributed by atoms with Gasteiger partial charge in [-0.05, 0) is 0 Å². The van der Waals surface area contributed by atoms with Crippen molar-refractivity contribution in [3.63, 3.8) is 0 Å². The van der Waals surface area contributed by atoms with Crippen LogP contribution in [0.15, 0.2) is 0 Å². The molecule has 0 aliphatic rings. The van der Waals surface area contributed by atoms with Crippen molar-refractivity contribution in [3.05, 3.63) is 0 Å². The summed E-state index contributed by atoms with van der Waals surface area (Å²) in [6.07, 6.45) is 0. The first-order valence-electron chi connectivity index (χ1n) is 0. The van der Waals surface area contributed by atoms with E-state index in [-0.39, 0.29) is 79.7 Å². The van der Waals surface area contributed by atoms with Gasteiger partial charge in [0.1, 0.15) is 0 Å². The zero-order chi connectivity index (χ0) is 0. The van der Waals surface area contributed by atoms with Crippen molar-refractivity contribution < 1.29 is 54.9 Å². The first-order valence-corrected chi connectivity index (χ1v) is 0. The van der Waals surface area contributed by atoms with Crippen molar-refractivity contribution in [3.8, 4) is 0 Å². The van der Waals surface area contributed by atoms with Crippen LogP contribution in [0.4, 0.5) is 0 Å². The molecule has 0 aromatic carbocycles. The van der Waals surface area contributed by atoms with Gasteiger partial charge in [-0.15, -0.1) is 24.8 Å². The molecule has 0 fully saturated rings. The molecular formula is H4Cl2EuO. The minimum atomic E-state index is 0. The van der Waals surface area contributed by atoms with Crippen LogP contribution < -0.4 is 0 Å². The molecule has 1 radical (unpaired) electrons.